The van der Waals surface area contributed by atoms with E-state index in [1.807, 2.05) is 18.2 Å². The van der Waals surface area contributed by atoms with Gasteiger partial charge in [-0.15, -0.1) is 0 Å². The number of esters is 1. The molecule has 2 aromatic carbocycles. The minimum atomic E-state index is -2.19. The number of hydrogen-bond acceptors (Lipinski definition) is 5. The maximum absolute atomic E-state index is 14.8. The van der Waals surface area contributed by atoms with Crippen LogP contribution in [0.1, 0.15) is 43.7 Å². The van der Waals surface area contributed by atoms with Crippen molar-refractivity contribution in [2.45, 2.75) is 52.4 Å². The number of fused-ring (bicyclic) bond motifs is 1. The highest BCUT2D eigenvalue weighted by Gasteiger charge is 2.39. The van der Waals surface area contributed by atoms with Crippen molar-refractivity contribution >= 4 is 25.2 Å². The van der Waals surface area contributed by atoms with E-state index in [1.54, 1.807) is 29.8 Å². The van der Waals surface area contributed by atoms with Crippen molar-refractivity contribution in [2.24, 2.45) is 0 Å². The van der Waals surface area contributed by atoms with Gasteiger partial charge in [0.05, 0.1) is 20.3 Å². The number of methoxy groups -OCH3 is 1. The summed E-state index contributed by atoms with van der Waals surface area (Å²) in [5, 5.41) is 0.645. The Morgan fingerprint density at radius 2 is 1.82 bits per heavy atom. The number of hydrogen-bond donors (Lipinski definition) is 0. The zero-order valence-corrected chi connectivity index (χ0v) is 24.4. The molecule has 4 rings (SSSR count). The fraction of sp³-hybridized carbons (Fsp3) is 0.333. The number of benzene rings is 2. The van der Waals surface area contributed by atoms with Gasteiger partial charge < -0.3 is 18.5 Å². The van der Waals surface area contributed by atoms with Crippen molar-refractivity contribution in [3.63, 3.8) is 0 Å². The van der Waals surface area contributed by atoms with Crippen molar-refractivity contribution in [3.05, 3.63) is 77.6 Å². The second-order valence-electron chi connectivity index (χ2n) is 10.9. The Balaban J connectivity index is 2.06. The van der Waals surface area contributed by atoms with Crippen molar-refractivity contribution in [2.75, 3.05) is 13.7 Å². The molecule has 0 bridgehead atoms. The van der Waals surface area contributed by atoms with Gasteiger partial charge in [0, 0.05) is 33.8 Å². The molecule has 0 saturated carbocycles. The highest BCUT2D eigenvalue weighted by Crippen LogP contribution is 2.43. The van der Waals surface area contributed by atoms with Gasteiger partial charge in [0.25, 0.3) is 0 Å². The molecule has 0 aliphatic carbocycles. The van der Waals surface area contributed by atoms with Gasteiger partial charge in [0.1, 0.15) is 23.1 Å². The van der Waals surface area contributed by atoms with Crippen LogP contribution in [0.15, 0.2) is 54.7 Å². The largest absolute Gasteiger partial charge is 0.543 e. The third-order valence-corrected chi connectivity index (χ3v) is 11.6. The normalized spacial score (nSPS) is 12.0. The molecule has 206 valence electrons. The molecule has 39 heavy (non-hydrogen) atoms. The highest BCUT2D eigenvalue weighted by molar-refractivity contribution is 6.74. The second-order valence-corrected chi connectivity index (χ2v) is 15.6. The van der Waals surface area contributed by atoms with Crippen molar-refractivity contribution in [1.29, 1.82) is 0 Å². The molecular weight excluding hydrogens is 518 g/mol. The average molecular weight is 553 g/mol. The molecule has 0 aliphatic rings. The minimum Gasteiger partial charge on any atom is -0.543 e. The molecule has 0 amide bonds. The Labute approximate surface area is 228 Å². The standard InChI is InChI=1S/C30H34F2N2O4Si/c1-8-37-29(35)27-26(22-10-9-15-33-28(22)36-5)23-17-21(38-39(6,7)30(2,3)4)12-14-25(23)34(27)18-19-16-20(31)11-13-24(19)32/h9-17H,8,18H2,1-7H3. The second kappa shape index (κ2) is 10.8. The number of carbonyl (C=O) groups excluding carboxylic acids is 1. The molecule has 0 aliphatic heterocycles. The first-order chi connectivity index (χ1) is 18.4. The lowest BCUT2D eigenvalue weighted by Crippen LogP contribution is -2.43. The van der Waals surface area contributed by atoms with Gasteiger partial charge >= 0.3 is 5.97 Å². The summed E-state index contributed by atoms with van der Waals surface area (Å²) in [5.41, 5.74) is 2.00. The topological polar surface area (TPSA) is 62.6 Å². The number of ether oxygens (including phenoxy) is 2. The molecule has 0 unspecified atom stereocenters. The molecule has 6 nitrogen and oxygen atoms in total. The fourth-order valence-corrected chi connectivity index (χ4v) is 5.29. The van der Waals surface area contributed by atoms with Crippen LogP contribution < -0.4 is 9.16 Å². The third-order valence-electron chi connectivity index (χ3n) is 7.25. The summed E-state index contributed by atoms with van der Waals surface area (Å²) >= 11 is 0. The molecule has 0 fully saturated rings. The molecule has 9 heteroatoms. The van der Waals surface area contributed by atoms with Crippen molar-refractivity contribution < 1.29 is 27.5 Å². The van der Waals surface area contributed by atoms with E-state index >= 15 is 0 Å². The number of carbonyl (C=O) groups is 1. The van der Waals surface area contributed by atoms with Gasteiger partial charge in [-0.1, -0.05) is 20.8 Å². The number of rotatable bonds is 8. The SMILES string of the molecule is CCOC(=O)c1c(-c2cccnc2OC)c2cc(O[Si](C)(C)C(C)(C)C)ccc2n1Cc1cc(F)ccc1F. The summed E-state index contributed by atoms with van der Waals surface area (Å²) in [7, 11) is -0.687. The number of aromatic nitrogens is 2. The molecule has 0 spiro atoms. The van der Waals surface area contributed by atoms with Crippen LogP contribution in [-0.4, -0.2) is 37.6 Å². The quantitative estimate of drug-likeness (QED) is 0.166. The van der Waals surface area contributed by atoms with Crippen LogP contribution in [0.25, 0.3) is 22.0 Å². The zero-order chi connectivity index (χ0) is 28.5. The van der Waals surface area contributed by atoms with E-state index in [1.165, 1.54) is 7.11 Å². The van der Waals surface area contributed by atoms with E-state index < -0.39 is 25.9 Å². The predicted molar refractivity (Wildman–Crippen MR) is 151 cm³/mol. The van der Waals surface area contributed by atoms with Gasteiger partial charge in [-0.3, -0.25) is 0 Å². The molecule has 4 aromatic rings. The first-order valence-electron chi connectivity index (χ1n) is 12.8. The van der Waals surface area contributed by atoms with Crippen molar-refractivity contribution in [3.8, 4) is 22.8 Å². The molecule has 0 N–H and O–H groups in total. The van der Waals surface area contributed by atoms with Crippen LogP contribution in [-0.2, 0) is 11.3 Å². The smallest absolute Gasteiger partial charge is 0.355 e. The third kappa shape index (κ3) is 5.54. The summed E-state index contributed by atoms with van der Waals surface area (Å²) in [6.45, 7) is 12.5. The molecule has 0 saturated heterocycles. The summed E-state index contributed by atoms with van der Waals surface area (Å²) in [6.07, 6.45) is 1.60. The lowest BCUT2D eigenvalue weighted by atomic mass is 10.0. The number of nitrogens with zero attached hydrogens (tertiary/aromatic N) is 2. The van der Waals surface area contributed by atoms with Gasteiger partial charge in [0.2, 0.25) is 14.2 Å². The summed E-state index contributed by atoms with van der Waals surface area (Å²) in [6, 6.07) is 12.4. The molecular formula is C30H34F2N2O4Si. The summed E-state index contributed by atoms with van der Waals surface area (Å²) in [4.78, 5) is 17.9. The Morgan fingerprint density at radius 1 is 1.08 bits per heavy atom. The van der Waals surface area contributed by atoms with Crippen molar-refractivity contribution in [1.82, 2.24) is 9.55 Å². The summed E-state index contributed by atoms with van der Waals surface area (Å²) < 4.78 is 48.2. The van der Waals surface area contributed by atoms with Gasteiger partial charge in [-0.25, -0.2) is 18.6 Å². The van der Waals surface area contributed by atoms with Crippen LogP contribution in [0.4, 0.5) is 8.78 Å². The maximum Gasteiger partial charge on any atom is 0.355 e. The number of halogens is 2. The Morgan fingerprint density at radius 3 is 2.49 bits per heavy atom. The molecule has 0 atom stereocenters. The van der Waals surface area contributed by atoms with Gasteiger partial charge in [-0.05, 0) is 73.6 Å². The highest BCUT2D eigenvalue weighted by atomic mass is 28.4. The molecule has 2 heterocycles. The number of pyridine rings is 1. The van der Waals surface area contributed by atoms with Crippen LogP contribution in [0, 0.1) is 11.6 Å². The van der Waals surface area contributed by atoms with Crippen LogP contribution in [0.3, 0.4) is 0 Å². The monoisotopic (exact) mass is 552 g/mol. The van der Waals surface area contributed by atoms with E-state index in [0.29, 0.717) is 33.7 Å². The zero-order valence-electron chi connectivity index (χ0n) is 23.4. The van der Waals surface area contributed by atoms with Crippen LogP contribution >= 0.6 is 0 Å². The van der Waals surface area contributed by atoms with E-state index in [0.717, 1.165) is 18.2 Å². The minimum absolute atomic E-state index is 0.0334. The molecule has 0 radical (unpaired) electrons. The van der Waals surface area contributed by atoms with Crippen LogP contribution in [0.2, 0.25) is 18.1 Å². The Hall–Kier alpha value is -3.72. The Bertz CT molecular complexity index is 1530. The Kier molecular flexibility index (Phi) is 7.84. The first-order valence-corrected chi connectivity index (χ1v) is 15.7. The van der Waals surface area contributed by atoms with E-state index in [-0.39, 0.29) is 29.4 Å². The molecule has 2 aromatic heterocycles. The summed E-state index contributed by atoms with van der Waals surface area (Å²) in [5.74, 6) is -0.776. The van der Waals surface area contributed by atoms with E-state index in [9.17, 15) is 13.6 Å². The van der Waals surface area contributed by atoms with E-state index in [2.05, 4.69) is 38.8 Å². The van der Waals surface area contributed by atoms with Crippen LogP contribution in [0.5, 0.6) is 11.6 Å². The van der Waals surface area contributed by atoms with Gasteiger partial charge in [-0.2, -0.15) is 0 Å². The maximum atomic E-state index is 14.8. The lowest BCUT2D eigenvalue weighted by Gasteiger charge is -2.36. The van der Waals surface area contributed by atoms with E-state index in [4.69, 9.17) is 13.9 Å². The predicted octanol–water partition coefficient (Wildman–Crippen LogP) is 7.60. The lowest BCUT2D eigenvalue weighted by molar-refractivity contribution is 0.0516. The fourth-order valence-electron chi connectivity index (χ4n) is 4.27. The average Bonchev–Trinajstić information content (AvgIpc) is 3.18. The van der Waals surface area contributed by atoms with Gasteiger partial charge in [0.15, 0.2) is 0 Å². The first kappa shape index (κ1) is 28.3.